The Morgan fingerprint density at radius 2 is 1.90 bits per heavy atom. The van der Waals surface area contributed by atoms with Crippen molar-refractivity contribution in [3.63, 3.8) is 0 Å². The fourth-order valence-corrected chi connectivity index (χ4v) is 3.10. The highest BCUT2D eigenvalue weighted by atomic mass is 32.1. The van der Waals surface area contributed by atoms with Crippen molar-refractivity contribution in [3.8, 4) is 0 Å². The predicted octanol–water partition coefficient (Wildman–Crippen LogP) is 3.01. The molecule has 0 spiro atoms. The zero-order valence-corrected chi connectivity index (χ0v) is 12.9. The van der Waals surface area contributed by atoms with E-state index in [-0.39, 0.29) is 17.0 Å². The maximum absolute atomic E-state index is 11.8. The highest BCUT2D eigenvalue weighted by Gasteiger charge is 2.23. The highest BCUT2D eigenvalue weighted by Crippen LogP contribution is 2.36. The number of nitrogen functional groups attached to an aromatic ring is 1. The minimum absolute atomic E-state index is 0.0611. The Kier molecular flexibility index (Phi) is 6.51. The smallest absolute Gasteiger partial charge is 0.253 e. The summed E-state index contributed by atoms with van der Waals surface area (Å²) in [6.45, 7) is 4.67. The maximum atomic E-state index is 11.8. The number of nitrogens with two attached hydrogens (primary N) is 2. The van der Waals surface area contributed by atoms with Gasteiger partial charge in [0.15, 0.2) is 5.78 Å². The van der Waals surface area contributed by atoms with Crippen molar-refractivity contribution < 1.29 is 9.59 Å². The number of amides is 1. The summed E-state index contributed by atoms with van der Waals surface area (Å²) in [7, 11) is 0. The number of hydrogen-bond acceptors (Lipinski definition) is 5. The van der Waals surface area contributed by atoms with Gasteiger partial charge in [0.05, 0.1) is 16.1 Å². The number of unbranched alkanes of at least 4 members (excludes halogenated alkanes) is 3. The third-order valence-corrected chi connectivity index (χ3v) is 4.29. The molecule has 0 aromatic carbocycles. The third kappa shape index (κ3) is 3.96. The molecule has 0 aliphatic rings. The molecular weight excluding hydrogens is 274 g/mol. The molecule has 0 fully saturated rings. The van der Waals surface area contributed by atoms with E-state index < -0.39 is 5.91 Å². The molecule has 5 N–H and O–H groups in total. The van der Waals surface area contributed by atoms with Gasteiger partial charge < -0.3 is 16.8 Å². The summed E-state index contributed by atoms with van der Waals surface area (Å²) in [5.41, 5.74) is 11.7. The second kappa shape index (κ2) is 7.89. The second-order valence-corrected chi connectivity index (χ2v) is 5.70. The van der Waals surface area contributed by atoms with Crippen LogP contribution in [0.25, 0.3) is 0 Å². The van der Waals surface area contributed by atoms with Gasteiger partial charge in [0, 0.05) is 13.0 Å². The van der Waals surface area contributed by atoms with Crippen molar-refractivity contribution in [1.82, 2.24) is 0 Å². The van der Waals surface area contributed by atoms with E-state index >= 15 is 0 Å². The first-order valence-electron chi connectivity index (χ1n) is 7.02. The lowest BCUT2D eigenvalue weighted by atomic mass is 10.1. The Bertz CT molecular complexity index is 483. The molecule has 1 amide bonds. The highest BCUT2D eigenvalue weighted by molar-refractivity contribution is 7.19. The average Bonchev–Trinajstić information content (AvgIpc) is 2.74. The molecule has 0 saturated carbocycles. The van der Waals surface area contributed by atoms with Crippen LogP contribution in [0.15, 0.2) is 0 Å². The number of anilines is 2. The Labute approximate surface area is 123 Å². The zero-order valence-electron chi connectivity index (χ0n) is 12.1. The first-order chi connectivity index (χ1) is 9.52. The van der Waals surface area contributed by atoms with Gasteiger partial charge in [-0.15, -0.1) is 11.3 Å². The fourth-order valence-electron chi connectivity index (χ4n) is 1.93. The van der Waals surface area contributed by atoms with Gasteiger partial charge in [-0.2, -0.15) is 0 Å². The van der Waals surface area contributed by atoms with Gasteiger partial charge in [-0.1, -0.05) is 33.1 Å². The molecule has 0 unspecified atom stereocenters. The Hall–Kier alpha value is -1.56. The third-order valence-electron chi connectivity index (χ3n) is 3.08. The molecule has 6 heteroatoms. The van der Waals surface area contributed by atoms with Gasteiger partial charge in [-0.3, -0.25) is 9.59 Å². The summed E-state index contributed by atoms with van der Waals surface area (Å²) in [6.07, 6.45) is 4.88. The summed E-state index contributed by atoms with van der Waals surface area (Å²) in [6, 6.07) is 0. The summed E-state index contributed by atoms with van der Waals surface area (Å²) in [4.78, 5) is 23.7. The van der Waals surface area contributed by atoms with Gasteiger partial charge in [0.1, 0.15) is 5.00 Å². The van der Waals surface area contributed by atoms with Crippen molar-refractivity contribution in [2.75, 3.05) is 17.6 Å². The van der Waals surface area contributed by atoms with Crippen molar-refractivity contribution in [3.05, 3.63) is 10.4 Å². The van der Waals surface area contributed by atoms with E-state index in [1.54, 1.807) is 6.92 Å². The Morgan fingerprint density at radius 1 is 1.20 bits per heavy atom. The van der Waals surface area contributed by atoms with Crippen LogP contribution < -0.4 is 16.8 Å². The van der Waals surface area contributed by atoms with E-state index in [0.29, 0.717) is 16.3 Å². The summed E-state index contributed by atoms with van der Waals surface area (Å²) < 4.78 is 0. The van der Waals surface area contributed by atoms with Gasteiger partial charge >= 0.3 is 0 Å². The SMILES string of the molecule is CCCCCCNc1sc(C(=O)CC)c(N)c1C(N)=O. The number of thiophene rings is 1. The van der Waals surface area contributed by atoms with Crippen LogP contribution in [0.3, 0.4) is 0 Å². The van der Waals surface area contributed by atoms with E-state index in [0.717, 1.165) is 19.4 Å². The van der Waals surface area contributed by atoms with Crippen LogP contribution in [0.2, 0.25) is 0 Å². The quantitative estimate of drug-likeness (QED) is 0.482. The van der Waals surface area contributed by atoms with Crippen LogP contribution in [0, 0.1) is 0 Å². The van der Waals surface area contributed by atoms with Crippen LogP contribution in [-0.2, 0) is 0 Å². The van der Waals surface area contributed by atoms with Crippen molar-refractivity contribution >= 4 is 33.7 Å². The van der Waals surface area contributed by atoms with Crippen molar-refractivity contribution in [2.45, 2.75) is 46.0 Å². The average molecular weight is 297 g/mol. The first-order valence-corrected chi connectivity index (χ1v) is 7.83. The Morgan fingerprint density at radius 3 is 2.45 bits per heavy atom. The Balaban J connectivity index is 2.83. The molecule has 0 aliphatic heterocycles. The standard InChI is InChI=1S/C14H23N3O2S/c1-3-5-6-7-8-17-14-10(13(16)19)11(15)12(20-14)9(18)4-2/h17H,3-8,15H2,1-2H3,(H2,16,19). The summed E-state index contributed by atoms with van der Waals surface area (Å²) in [5.74, 6) is -0.654. The van der Waals surface area contributed by atoms with E-state index in [4.69, 9.17) is 11.5 Å². The first kappa shape index (κ1) is 16.5. The maximum Gasteiger partial charge on any atom is 0.253 e. The van der Waals surface area contributed by atoms with E-state index in [1.165, 1.54) is 24.2 Å². The number of carbonyl (C=O) groups excluding carboxylic acids is 2. The lowest BCUT2D eigenvalue weighted by Gasteiger charge is -2.05. The number of nitrogens with one attached hydrogen (secondary N) is 1. The molecule has 1 rings (SSSR count). The summed E-state index contributed by atoms with van der Waals surface area (Å²) in [5, 5.41) is 3.79. The number of hydrogen-bond donors (Lipinski definition) is 3. The molecule has 0 atom stereocenters. The van der Waals surface area contributed by atoms with Gasteiger partial charge in [0.25, 0.3) is 5.91 Å². The second-order valence-electron chi connectivity index (χ2n) is 4.68. The number of primary amides is 1. The molecule has 1 aromatic heterocycles. The molecule has 1 heterocycles. The minimum Gasteiger partial charge on any atom is -0.397 e. The van der Waals surface area contributed by atoms with Gasteiger partial charge in [-0.05, 0) is 6.42 Å². The van der Waals surface area contributed by atoms with Crippen LogP contribution >= 0.6 is 11.3 Å². The molecule has 5 nitrogen and oxygen atoms in total. The molecule has 0 radical (unpaired) electrons. The molecule has 112 valence electrons. The number of carbonyl (C=O) groups is 2. The monoisotopic (exact) mass is 297 g/mol. The molecule has 0 bridgehead atoms. The lowest BCUT2D eigenvalue weighted by molar-refractivity contribution is 0.0991. The summed E-state index contributed by atoms with van der Waals surface area (Å²) >= 11 is 1.22. The van der Waals surface area contributed by atoms with Crippen LogP contribution in [0.1, 0.15) is 66.0 Å². The topological polar surface area (TPSA) is 98.2 Å². The van der Waals surface area contributed by atoms with E-state index in [2.05, 4.69) is 12.2 Å². The predicted molar refractivity (Wildman–Crippen MR) is 84.5 cm³/mol. The number of ketones is 1. The number of Topliss-reactive ketones (excluding diaryl/α,β-unsaturated/α-hetero) is 1. The van der Waals surface area contributed by atoms with Crippen LogP contribution in [-0.4, -0.2) is 18.2 Å². The van der Waals surface area contributed by atoms with Crippen molar-refractivity contribution in [1.29, 1.82) is 0 Å². The van der Waals surface area contributed by atoms with Crippen LogP contribution in [0.4, 0.5) is 10.7 Å². The van der Waals surface area contributed by atoms with Gasteiger partial charge in [-0.25, -0.2) is 0 Å². The molecule has 1 aromatic rings. The largest absolute Gasteiger partial charge is 0.397 e. The number of rotatable bonds is 9. The molecule has 20 heavy (non-hydrogen) atoms. The van der Waals surface area contributed by atoms with E-state index in [9.17, 15) is 9.59 Å². The van der Waals surface area contributed by atoms with Crippen molar-refractivity contribution in [2.24, 2.45) is 5.73 Å². The molecular formula is C14H23N3O2S. The van der Waals surface area contributed by atoms with Crippen LogP contribution in [0.5, 0.6) is 0 Å². The molecule has 0 saturated heterocycles. The zero-order chi connectivity index (χ0) is 15.1. The molecule has 0 aliphatic carbocycles. The van der Waals surface area contributed by atoms with Gasteiger partial charge in [0.2, 0.25) is 0 Å². The lowest BCUT2D eigenvalue weighted by Crippen LogP contribution is -2.15. The minimum atomic E-state index is -0.593. The normalized spacial score (nSPS) is 10.5. The fraction of sp³-hybridized carbons (Fsp3) is 0.571. The van der Waals surface area contributed by atoms with E-state index in [1.807, 2.05) is 0 Å².